The molecule has 1 aliphatic rings. The Labute approximate surface area is 77.2 Å². The summed E-state index contributed by atoms with van der Waals surface area (Å²) in [5, 5.41) is 8.62. The van der Waals surface area contributed by atoms with E-state index in [0.717, 1.165) is 0 Å². The summed E-state index contributed by atoms with van der Waals surface area (Å²) in [6.07, 6.45) is 0.793. The Balaban J connectivity index is 2.60. The zero-order valence-electron chi connectivity index (χ0n) is 7.19. The van der Waals surface area contributed by atoms with Gasteiger partial charge in [-0.15, -0.1) is 0 Å². The van der Waals surface area contributed by atoms with E-state index in [1.165, 1.54) is 0 Å². The zero-order chi connectivity index (χ0) is 10.1. The Morgan fingerprint density at radius 3 is 2.15 bits per heavy atom. The van der Waals surface area contributed by atoms with Crippen LogP contribution in [0.3, 0.4) is 0 Å². The van der Waals surface area contributed by atoms with Gasteiger partial charge in [0, 0.05) is 5.57 Å². The van der Waals surface area contributed by atoms with Crippen LogP contribution in [0.25, 0.3) is 0 Å². The van der Waals surface area contributed by atoms with Crippen molar-refractivity contribution in [1.29, 1.82) is 0 Å². The number of carboxylic acid groups (broad SMARTS) is 1. The zero-order valence-corrected chi connectivity index (χ0v) is 8.01. The maximum Gasteiger partial charge on any atom is 0.331 e. The first-order valence-corrected chi connectivity index (χ1v) is 5.87. The third-order valence-corrected chi connectivity index (χ3v) is 4.04. The van der Waals surface area contributed by atoms with Crippen LogP contribution in [0.15, 0.2) is 12.2 Å². The first-order chi connectivity index (χ1) is 5.92. The van der Waals surface area contributed by atoms with Crippen molar-refractivity contribution in [1.82, 2.24) is 0 Å². The number of carboxylic acids is 1. The SMILES string of the molecule is C=C(C(=O)O)C1CCS(=O)(=O)CC1. The first-order valence-electron chi connectivity index (χ1n) is 4.05. The molecule has 5 heteroatoms. The highest BCUT2D eigenvalue weighted by atomic mass is 32.2. The molecule has 0 unspecified atom stereocenters. The van der Waals surface area contributed by atoms with Gasteiger partial charge < -0.3 is 5.11 Å². The van der Waals surface area contributed by atoms with Gasteiger partial charge in [-0.25, -0.2) is 13.2 Å². The lowest BCUT2D eigenvalue weighted by atomic mass is 9.95. The second-order valence-electron chi connectivity index (χ2n) is 3.26. The van der Waals surface area contributed by atoms with Crippen molar-refractivity contribution in [2.75, 3.05) is 11.5 Å². The van der Waals surface area contributed by atoms with Crippen LogP contribution in [0.2, 0.25) is 0 Å². The lowest BCUT2D eigenvalue weighted by molar-refractivity contribution is -0.133. The second-order valence-corrected chi connectivity index (χ2v) is 5.56. The molecule has 1 saturated heterocycles. The second kappa shape index (κ2) is 3.49. The predicted molar refractivity (Wildman–Crippen MR) is 48.2 cm³/mol. The lowest BCUT2D eigenvalue weighted by Crippen LogP contribution is -2.26. The number of rotatable bonds is 2. The average molecular weight is 204 g/mol. The standard InChI is InChI=1S/C8H12O4S/c1-6(8(9)10)7-2-4-13(11,12)5-3-7/h7H,1-5H2,(H,9,10). The first kappa shape index (κ1) is 10.2. The van der Waals surface area contributed by atoms with Crippen molar-refractivity contribution in [2.24, 2.45) is 5.92 Å². The van der Waals surface area contributed by atoms with Gasteiger partial charge >= 0.3 is 5.97 Å². The van der Waals surface area contributed by atoms with Crippen LogP contribution >= 0.6 is 0 Å². The van der Waals surface area contributed by atoms with Crippen LogP contribution < -0.4 is 0 Å². The molecule has 1 aliphatic heterocycles. The number of hydrogen-bond acceptors (Lipinski definition) is 3. The van der Waals surface area contributed by atoms with Crippen molar-refractivity contribution in [3.63, 3.8) is 0 Å². The number of sulfone groups is 1. The van der Waals surface area contributed by atoms with Crippen LogP contribution in [-0.2, 0) is 14.6 Å². The van der Waals surface area contributed by atoms with Gasteiger partial charge in [0.25, 0.3) is 0 Å². The number of aliphatic carboxylic acids is 1. The van der Waals surface area contributed by atoms with Crippen molar-refractivity contribution in [3.05, 3.63) is 12.2 Å². The Bertz CT molecular complexity index is 314. The van der Waals surface area contributed by atoms with E-state index in [1.807, 2.05) is 0 Å². The van der Waals surface area contributed by atoms with E-state index >= 15 is 0 Å². The maximum absolute atomic E-state index is 11.0. The average Bonchev–Trinajstić information content (AvgIpc) is 2.03. The molecule has 0 aromatic heterocycles. The van der Waals surface area contributed by atoms with E-state index in [1.54, 1.807) is 0 Å². The topological polar surface area (TPSA) is 71.4 Å². The Kier molecular flexibility index (Phi) is 2.75. The van der Waals surface area contributed by atoms with Gasteiger partial charge in [0.05, 0.1) is 11.5 Å². The molecule has 13 heavy (non-hydrogen) atoms. The number of hydrogen-bond donors (Lipinski definition) is 1. The van der Waals surface area contributed by atoms with Crippen molar-refractivity contribution in [2.45, 2.75) is 12.8 Å². The fourth-order valence-electron chi connectivity index (χ4n) is 1.41. The molecule has 0 aromatic carbocycles. The molecule has 1 rings (SSSR count). The fourth-order valence-corrected chi connectivity index (χ4v) is 2.90. The van der Waals surface area contributed by atoms with E-state index in [9.17, 15) is 13.2 Å². The molecule has 0 atom stereocenters. The third-order valence-electron chi connectivity index (χ3n) is 2.32. The summed E-state index contributed by atoms with van der Waals surface area (Å²) in [4.78, 5) is 10.5. The number of carbonyl (C=O) groups is 1. The molecule has 1 N–H and O–H groups in total. The molecule has 0 aromatic rings. The van der Waals surface area contributed by atoms with Crippen LogP contribution in [0.5, 0.6) is 0 Å². The molecular weight excluding hydrogens is 192 g/mol. The van der Waals surface area contributed by atoms with Crippen molar-refractivity contribution >= 4 is 15.8 Å². The van der Waals surface area contributed by atoms with Gasteiger partial charge in [0.2, 0.25) is 0 Å². The highest BCUT2D eigenvalue weighted by Gasteiger charge is 2.27. The minimum absolute atomic E-state index is 0.0873. The van der Waals surface area contributed by atoms with E-state index < -0.39 is 15.8 Å². The third kappa shape index (κ3) is 2.55. The van der Waals surface area contributed by atoms with E-state index in [4.69, 9.17) is 5.11 Å². The summed E-state index contributed by atoms with van der Waals surface area (Å²) in [7, 11) is -2.91. The minimum atomic E-state index is -2.91. The van der Waals surface area contributed by atoms with Gasteiger partial charge in [0.1, 0.15) is 9.84 Å². The molecule has 0 bridgehead atoms. The summed E-state index contributed by atoms with van der Waals surface area (Å²) >= 11 is 0. The molecule has 1 fully saturated rings. The molecule has 0 aliphatic carbocycles. The highest BCUT2D eigenvalue weighted by Crippen LogP contribution is 2.24. The Hall–Kier alpha value is -0.840. The quantitative estimate of drug-likeness (QED) is 0.663. The van der Waals surface area contributed by atoms with E-state index in [-0.39, 0.29) is 23.0 Å². The predicted octanol–water partition coefficient (Wildman–Crippen LogP) is 0.452. The van der Waals surface area contributed by atoms with Gasteiger partial charge in [-0.2, -0.15) is 0 Å². The molecule has 74 valence electrons. The van der Waals surface area contributed by atoms with Crippen LogP contribution in [0, 0.1) is 5.92 Å². The molecule has 4 nitrogen and oxygen atoms in total. The van der Waals surface area contributed by atoms with Crippen LogP contribution in [0.1, 0.15) is 12.8 Å². The van der Waals surface area contributed by atoms with Gasteiger partial charge in [-0.1, -0.05) is 6.58 Å². The highest BCUT2D eigenvalue weighted by molar-refractivity contribution is 7.91. The largest absolute Gasteiger partial charge is 0.478 e. The summed E-state index contributed by atoms with van der Waals surface area (Å²) in [5.74, 6) is -1.01. The van der Waals surface area contributed by atoms with E-state index in [2.05, 4.69) is 6.58 Å². The maximum atomic E-state index is 11.0. The Morgan fingerprint density at radius 1 is 1.31 bits per heavy atom. The summed E-state index contributed by atoms with van der Waals surface area (Å²) in [5.41, 5.74) is 0.134. The monoisotopic (exact) mass is 204 g/mol. The molecule has 1 heterocycles. The summed E-state index contributed by atoms with van der Waals surface area (Å²) < 4.78 is 22.0. The minimum Gasteiger partial charge on any atom is -0.478 e. The van der Waals surface area contributed by atoms with Crippen LogP contribution in [0.4, 0.5) is 0 Å². The normalized spacial score (nSPS) is 22.5. The smallest absolute Gasteiger partial charge is 0.331 e. The Morgan fingerprint density at radius 2 is 1.77 bits per heavy atom. The molecular formula is C8H12O4S. The fraction of sp³-hybridized carbons (Fsp3) is 0.625. The molecule has 0 saturated carbocycles. The summed E-state index contributed by atoms with van der Waals surface area (Å²) in [6, 6.07) is 0. The van der Waals surface area contributed by atoms with Gasteiger partial charge in [-0.3, -0.25) is 0 Å². The molecule has 0 amide bonds. The van der Waals surface area contributed by atoms with Gasteiger partial charge in [0.15, 0.2) is 0 Å². The summed E-state index contributed by atoms with van der Waals surface area (Å²) in [6.45, 7) is 3.43. The van der Waals surface area contributed by atoms with Crippen molar-refractivity contribution < 1.29 is 18.3 Å². The lowest BCUT2D eigenvalue weighted by Gasteiger charge is -2.21. The van der Waals surface area contributed by atoms with Crippen molar-refractivity contribution in [3.8, 4) is 0 Å². The van der Waals surface area contributed by atoms with E-state index in [0.29, 0.717) is 12.8 Å². The van der Waals surface area contributed by atoms with Gasteiger partial charge in [-0.05, 0) is 18.8 Å². The molecule has 0 spiro atoms. The van der Waals surface area contributed by atoms with Crippen LogP contribution in [-0.4, -0.2) is 31.0 Å². The molecule has 0 radical (unpaired) electrons.